The molecule has 3 aromatic rings. The zero-order valence-corrected chi connectivity index (χ0v) is 25.0. The van der Waals surface area contributed by atoms with Crippen molar-refractivity contribution in [3.8, 4) is 11.5 Å². The summed E-state index contributed by atoms with van der Waals surface area (Å²) in [6.45, 7) is 4.18. The van der Waals surface area contributed by atoms with E-state index in [-0.39, 0.29) is 28.7 Å². The van der Waals surface area contributed by atoms with Crippen LogP contribution >= 0.6 is 23.2 Å². The number of aromatic nitrogens is 3. The first kappa shape index (κ1) is 30.1. The lowest BCUT2D eigenvalue weighted by atomic mass is 9.90. The Hall–Kier alpha value is -3.35. The Labute approximate surface area is 255 Å². The summed E-state index contributed by atoms with van der Waals surface area (Å²) in [5.41, 5.74) is 1.99. The third-order valence-electron chi connectivity index (χ3n) is 7.61. The van der Waals surface area contributed by atoms with Crippen LogP contribution in [0.2, 0.25) is 10.0 Å². The molecular formula is C29H35Cl2N7O4. The first-order valence-electron chi connectivity index (χ1n) is 13.7. The van der Waals surface area contributed by atoms with Crippen molar-refractivity contribution >= 4 is 40.7 Å². The number of ether oxygens (including phenoxy) is 2. The van der Waals surface area contributed by atoms with Crippen molar-refractivity contribution in [2.45, 2.75) is 63.4 Å². The Bertz CT molecular complexity index is 1370. The fraction of sp³-hybridized carbons (Fsp3) is 0.414. The van der Waals surface area contributed by atoms with Gasteiger partial charge in [0.05, 0.1) is 33.0 Å². The zero-order chi connectivity index (χ0) is 29.8. The minimum absolute atomic E-state index is 0.00467. The number of aliphatic hydroxyl groups excluding tert-OH is 2. The number of fused-ring (bicyclic) bond motifs is 1. The minimum Gasteiger partial charge on any atom is -0.495 e. The molecule has 0 saturated heterocycles. The fourth-order valence-electron chi connectivity index (χ4n) is 5.49. The largest absolute Gasteiger partial charge is 0.495 e. The molecule has 3 heterocycles. The van der Waals surface area contributed by atoms with Gasteiger partial charge in [-0.15, -0.1) is 0 Å². The van der Waals surface area contributed by atoms with Crippen LogP contribution in [-0.2, 0) is 13.1 Å². The summed E-state index contributed by atoms with van der Waals surface area (Å²) in [7, 11) is 3.00. The van der Waals surface area contributed by atoms with Gasteiger partial charge in [0.25, 0.3) is 0 Å². The molecule has 2 aromatic heterocycles. The van der Waals surface area contributed by atoms with Gasteiger partial charge in [0.1, 0.15) is 33.6 Å². The first-order chi connectivity index (χ1) is 20.3. The number of benzene rings is 1. The summed E-state index contributed by atoms with van der Waals surface area (Å²) in [6.07, 6.45) is 8.55. The summed E-state index contributed by atoms with van der Waals surface area (Å²) in [4.78, 5) is 17.2. The molecule has 4 N–H and O–H groups in total. The van der Waals surface area contributed by atoms with E-state index in [0.29, 0.717) is 35.5 Å². The van der Waals surface area contributed by atoms with E-state index in [4.69, 9.17) is 37.7 Å². The molecule has 1 fully saturated rings. The van der Waals surface area contributed by atoms with Gasteiger partial charge in [0, 0.05) is 42.3 Å². The molecule has 1 aromatic carbocycles. The summed E-state index contributed by atoms with van der Waals surface area (Å²) >= 11 is 13.5. The molecule has 224 valence electrons. The molecule has 4 unspecified atom stereocenters. The van der Waals surface area contributed by atoms with Crippen LogP contribution in [0.4, 0.5) is 17.5 Å². The molecule has 0 amide bonds. The van der Waals surface area contributed by atoms with Crippen LogP contribution in [0.25, 0.3) is 0 Å². The second-order valence-electron chi connectivity index (χ2n) is 10.3. The number of anilines is 3. The van der Waals surface area contributed by atoms with E-state index in [2.05, 4.69) is 27.2 Å². The average molecular weight is 617 g/mol. The normalized spacial score (nSPS) is 21.0. The van der Waals surface area contributed by atoms with Crippen molar-refractivity contribution in [2.75, 3.05) is 29.3 Å². The fourth-order valence-corrected chi connectivity index (χ4v) is 6.21. The second-order valence-corrected chi connectivity index (χ2v) is 11.0. The molecule has 1 saturated carbocycles. The molecule has 2 aliphatic rings. The number of hydrogen-bond acceptors (Lipinski definition) is 11. The number of rotatable bonds is 10. The van der Waals surface area contributed by atoms with Gasteiger partial charge >= 0.3 is 0 Å². The van der Waals surface area contributed by atoms with Crippen molar-refractivity contribution in [2.24, 2.45) is 0 Å². The summed E-state index contributed by atoms with van der Waals surface area (Å²) in [5.74, 6) is 1.71. The Morgan fingerprint density at radius 3 is 2.50 bits per heavy atom. The highest BCUT2D eigenvalue weighted by Gasteiger charge is 2.37. The van der Waals surface area contributed by atoms with Crippen LogP contribution in [0.15, 0.2) is 49.4 Å². The molecule has 5 rings (SSSR count). The number of methoxy groups -OCH3 is 2. The van der Waals surface area contributed by atoms with Crippen LogP contribution in [-0.4, -0.2) is 64.0 Å². The van der Waals surface area contributed by atoms with Crippen LogP contribution in [0, 0.1) is 0 Å². The van der Waals surface area contributed by atoms with Gasteiger partial charge in [-0.25, -0.2) is 4.98 Å². The minimum atomic E-state index is -1.21. The highest BCUT2D eigenvalue weighted by Crippen LogP contribution is 2.48. The number of halogens is 2. The maximum absolute atomic E-state index is 11.9. The summed E-state index contributed by atoms with van der Waals surface area (Å²) in [5, 5.41) is 29.1. The Balaban J connectivity index is 1.52. The van der Waals surface area contributed by atoms with Crippen LogP contribution in [0.5, 0.6) is 11.5 Å². The van der Waals surface area contributed by atoms with Crippen molar-refractivity contribution in [3.63, 3.8) is 0 Å². The van der Waals surface area contributed by atoms with Gasteiger partial charge in [0.15, 0.2) is 0 Å². The van der Waals surface area contributed by atoms with Gasteiger partial charge < -0.3 is 34.8 Å². The molecular weight excluding hydrogens is 581 g/mol. The van der Waals surface area contributed by atoms with E-state index >= 15 is 0 Å². The molecule has 4 atom stereocenters. The van der Waals surface area contributed by atoms with E-state index in [9.17, 15) is 10.2 Å². The smallest absolute Gasteiger partial charge is 0.224 e. The molecule has 0 spiro atoms. The van der Waals surface area contributed by atoms with Gasteiger partial charge in [0.2, 0.25) is 12.3 Å². The average Bonchev–Trinajstić information content (AvgIpc) is 3.01. The van der Waals surface area contributed by atoms with Crippen molar-refractivity contribution in [1.29, 1.82) is 0 Å². The molecule has 1 aliphatic carbocycles. The number of hydrogen-bond donors (Lipinski definition) is 4. The maximum Gasteiger partial charge on any atom is 0.224 e. The number of nitrogens with one attached hydrogen (secondary N) is 2. The second kappa shape index (κ2) is 13.3. The first-order valence-corrected chi connectivity index (χ1v) is 14.5. The SMILES string of the molecule is C=CC(O)NC1CCCCC1Nc1ncc2c(n1)N(Cc1cccnc1)C(O)N(c1c(Cl)c(OC)cc(OC)c1Cl)C2. The quantitative estimate of drug-likeness (QED) is 0.192. The number of nitrogens with zero attached hydrogens (tertiary/aromatic N) is 5. The van der Waals surface area contributed by atoms with E-state index in [1.807, 2.05) is 12.1 Å². The molecule has 0 bridgehead atoms. The summed E-state index contributed by atoms with van der Waals surface area (Å²) in [6, 6.07) is 5.40. The third kappa shape index (κ3) is 6.20. The van der Waals surface area contributed by atoms with Crippen molar-refractivity contribution < 1.29 is 19.7 Å². The van der Waals surface area contributed by atoms with Crippen LogP contribution < -0.4 is 29.9 Å². The predicted molar refractivity (Wildman–Crippen MR) is 163 cm³/mol. The van der Waals surface area contributed by atoms with E-state index < -0.39 is 12.6 Å². The Morgan fingerprint density at radius 1 is 1.14 bits per heavy atom. The molecule has 13 heteroatoms. The lowest BCUT2D eigenvalue weighted by Gasteiger charge is -2.43. The highest BCUT2D eigenvalue weighted by molar-refractivity contribution is 6.41. The van der Waals surface area contributed by atoms with E-state index in [0.717, 1.165) is 36.8 Å². The molecule has 42 heavy (non-hydrogen) atoms. The van der Waals surface area contributed by atoms with Gasteiger partial charge in [-0.1, -0.05) is 48.7 Å². The topological polar surface area (TPSA) is 128 Å². The van der Waals surface area contributed by atoms with Gasteiger partial charge in [-0.2, -0.15) is 4.98 Å². The van der Waals surface area contributed by atoms with Crippen LogP contribution in [0.1, 0.15) is 36.8 Å². The predicted octanol–water partition coefficient (Wildman–Crippen LogP) is 4.32. The van der Waals surface area contributed by atoms with E-state index in [1.165, 1.54) is 20.3 Å². The van der Waals surface area contributed by atoms with Crippen molar-refractivity contribution in [3.05, 3.63) is 70.6 Å². The van der Waals surface area contributed by atoms with Crippen molar-refractivity contribution in [1.82, 2.24) is 20.3 Å². The third-order valence-corrected chi connectivity index (χ3v) is 8.34. The lowest BCUT2D eigenvalue weighted by molar-refractivity contribution is 0.150. The lowest BCUT2D eigenvalue weighted by Crippen LogP contribution is -2.53. The van der Waals surface area contributed by atoms with Gasteiger partial charge in [-0.05, 0) is 30.5 Å². The van der Waals surface area contributed by atoms with E-state index in [1.54, 1.807) is 34.5 Å². The Kier molecular flexibility index (Phi) is 9.54. The standard InChI is InChI=1S/C29H35Cl2N7O4/c1-4-23(39)34-19-9-5-6-10-20(19)35-28-33-14-18-16-37(26-24(30)21(41-2)12-22(42-3)25(26)31)29(40)38(27(18)36-28)15-17-8-7-11-32-13-17/h4,7-8,11-14,19-20,23,29,34,39-40H,1,5-6,9-10,15-16H2,2-3H3,(H,33,35,36). The highest BCUT2D eigenvalue weighted by atomic mass is 35.5. The molecule has 11 nitrogen and oxygen atoms in total. The summed E-state index contributed by atoms with van der Waals surface area (Å²) < 4.78 is 10.9. The molecule has 0 radical (unpaired) electrons. The van der Waals surface area contributed by atoms with Gasteiger partial charge in [-0.3, -0.25) is 10.3 Å². The van der Waals surface area contributed by atoms with Crippen LogP contribution in [0.3, 0.4) is 0 Å². The monoisotopic (exact) mass is 615 g/mol. The zero-order valence-electron chi connectivity index (χ0n) is 23.5. The number of pyridine rings is 1. The Morgan fingerprint density at radius 2 is 1.86 bits per heavy atom. The molecule has 1 aliphatic heterocycles. The maximum atomic E-state index is 11.9. The number of aliphatic hydroxyl groups is 2.